The van der Waals surface area contributed by atoms with Gasteiger partial charge in [-0.05, 0) is 18.9 Å². The molecular weight excluding hydrogens is 254 g/mol. The zero-order chi connectivity index (χ0) is 14.1. The fourth-order valence-electron chi connectivity index (χ4n) is 3.21. The second-order valence-corrected chi connectivity index (χ2v) is 5.71. The molecule has 0 aliphatic carbocycles. The van der Waals surface area contributed by atoms with E-state index in [1.165, 1.54) is 0 Å². The normalized spacial score (nSPS) is 28.9. The number of fused-ring (bicyclic) bond motifs is 1. The third-order valence-electron chi connectivity index (χ3n) is 4.53. The molecule has 0 spiro atoms. The number of nitrogens with zero attached hydrogens (tertiary/aromatic N) is 1. The molecule has 2 heterocycles. The lowest BCUT2D eigenvalue weighted by Gasteiger charge is -2.36. The highest BCUT2D eigenvalue weighted by molar-refractivity contribution is 5.85. The van der Waals surface area contributed by atoms with E-state index in [9.17, 15) is 9.90 Å². The fraction of sp³-hybridized carbons (Fsp3) is 0.562. The second kappa shape index (κ2) is 5.44. The second-order valence-electron chi connectivity index (χ2n) is 5.71. The number of aliphatic hydroxyl groups is 1. The van der Waals surface area contributed by atoms with Gasteiger partial charge in [0.2, 0.25) is 5.91 Å². The Balaban J connectivity index is 1.74. The maximum Gasteiger partial charge on any atom is 0.233 e. The van der Waals surface area contributed by atoms with Crippen LogP contribution in [0.4, 0.5) is 0 Å². The number of ether oxygens (including phenoxy) is 1. The molecule has 0 aromatic heterocycles. The van der Waals surface area contributed by atoms with E-state index < -0.39 is 0 Å². The van der Waals surface area contributed by atoms with Crippen molar-refractivity contribution in [1.82, 2.24) is 4.90 Å². The van der Waals surface area contributed by atoms with Gasteiger partial charge in [0.05, 0.1) is 6.10 Å². The topological polar surface area (TPSA) is 49.8 Å². The third kappa shape index (κ3) is 2.29. The van der Waals surface area contributed by atoms with Gasteiger partial charge >= 0.3 is 0 Å². The standard InChI is InChI=1S/C16H21NO3/c1-2-11-9-17(8-7-14(11)18)16(19)13-10-20-15-6-4-3-5-12(13)15/h3-6,11,13-14,18H,2,7-10H2,1H3. The van der Waals surface area contributed by atoms with Gasteiger partial charge in [-0.3, -0.25) is 4.79 Å². The van der Waals surface area contributed by atoms with Crippen molar-refractivity contribution in [3.05, 3.63) is 29.8 Å². The lowest BCUT2D eigenvalue weighted by molar-refractivity contribution is -0.136. The van der Waals surface area contributed by atoms with Crippen LogP contribution in [0.2, 0.25) is 0 Å². The molecule has 4 heteroatoms. The zero-order valence-electron chi connectivity index (χ0n) is 11.8. The highest BCUT2D eigenvalue weighted by Gasteiger charge is 2.36. The number of aliphatic hydroxyl groups excluding tert-OH is 1. The van der Waals surface area contributed by atoms with Gasteiger partial charge in [0.25, 0.3) is 0 Å². The molecule has 1 aromatic rings. The van der Waals surface area contributed by atoms with Crippen molar-refractivity contribution < 1.29 is 14.6 Å². The summed E-state index contributed by atoms with van der Waals surface area (Å²) in [6, 6.07) is 7.76. The number of carbonyl (C=O) groups is 1. The van der Waals surface area contributed by atoms with Crippen LogP contribution in [0.3, 0.4) is 0 Å². The monoisotopic (exact) mass is 275 g/mol. The predicted octanol–water partition coefficient (Wildman–Crippen LogP) is 1.78. The Kier molecular flexibility index (Phi) is 3.66. The Morgan fingerprint density at radius 2 is 2.25 bits per heavy atom. The van der Waals surface area contributed by atoms with E-state index in [1.807, 2.05) is 29.2 Å². The van der Waals surface area contributed by atoms with E-state index >= 15 is 0 Å². The Bertz CT molecular complexity index is 502. The summed E-state index contributed by atoms with van der Waals surface area (Å²) in [4.78, 5) is 14.6. The molecule has 3 atom stereocenters. The number of carbonyl (C=O) groups excluding carboxylic acids is 1. The first-order valence-electron chi connectivity index (χ1n) is 7.39. The van der Waals surface area contributed by atoms with Crippen LogP contribution < -0.4 is 4.74 Å². The first-order chi connectivity index (χ1) is 9.70. The number of piperidine rings is 1. The Morgan fingerprint density at radius 1 is 1.45 bits per heavy atom. The minimum absolute atomic E-state index is 0.139. The average Bonchev–Trinajstić information content (AvgIpc) is 2.91. The predicted molar refractivity (Wildman–Crippen MR) is 75.7 cm³/mol. The van der Waals surface area contributed by atoms with Crippen LogP contribution in [0.1, 0.15) is 31.2 Å². The molecule has 1 saturated heterocycles. The van der Waals surface area contributed by atoms with E-state index in [0.29, 0.717) is 26.1 Å². The van der Waals surface area contributed by atoms with Crippen molar-refractivity contribution in [2.24, 2.45) is 5.92 Å². The summed E-state index contributed by atoms with van der Waals surface area (Å²) in [5.41, 5.74) is 0.997. The molecule has 1 fully saturated rings. The van der Waals surface area contributed by atoms with Gasteiger partial charge in [-0.15, -0.1) is 0 Å². The van der Waals surface area contributed by atoms with Crippen LogP contribution in [0.25, 0.3) is 0 Å². The van der Waals surface area contributed by atoms with Gasteiger partial charge in [0, 0.05) is 24.6 Å². The van der Waals surface area contributed by atoms with Crippen molar-refractivity contribution in [3.63, 3.8) is 0 Å². The molecule has 1 aromatic carbocycles. The molecule has 0 radical (unpaired) electrons. The average molecular weight is 275 g/mol. The van der Waals surface area contributed by atoms with Gasteiger partial charge in [-0.2, -0.15) is 0 Å². The molecular formula is C16H21NO3. The lowest BCUT2D eigenvalue weighted by atomic mass is 9.91. The molecule has 108 valence electrons. The SMILES string of the molecule is CCC1CN(C(=O)C2COc3ccccc32)CCC1O. The van der Waals surface area contributed by atoms with Crippen molar-refractivity contribution in [2.75, 3.05) is 19.7 Å². The number of hydrogen-bond acceptors (Lipinski definition) is 3. The molecule has 1 amide bonds. The van der Waals surface area contributed by atoms with E-state index in [0.717, 1.165) is 17.7 Å². The van der Waals surface area contributed by atoms with Gasteiger partial charge < -0.3 is 14.7 Å². The van der Waals surface area contributed by atoms with Crippen LogP contribution in [-0.2, 0) is 4.79 Å². The van der Waals surface area contributed by atoms with E-state index in [4.69, 9.17) is 4.74 Å². The minimum atomic E-state index is -0.267. The summed E-state index contributed by atoms with van der Waals surface area (Å²) in [5.74, 6) is 0.986. The first-order valence-corrected chi connectivity index (χ1v) is 7.39. The van der Waals surface area contributed by atoms with Crippen LogP contribution in [0.5, 0.6) is 5.75 Å². The summed E-state index contributed by atoms with van der Waals surface area (Å²) in [7, 11) is 0. The summed E-state index contributed by atoms with van der Waals surface area (Å²) < 4.78 is 5.60. The Hall–Kier alpha value is -1.55. The fourth-order valence-corrected chi connectivity index (χ4v) is 3.21. The van der Waals surface area contributed by atoms with Crippen LogP contribution >= 0.6 is 0 Å². The van der Waals surface area contributed by atoms with Crippen LogP contribution in [-0.4, -0.2) is 41.7 Å². The van der Waals surface area contributed by atoms with Crippen molar-refractivity contribution in [1.29, 1.82) is 0 Å². The first kappa shape index (κ1) is 13.4. The summed E-state index contributed by atoms with van der Waals surface area (Å²) in [6.45, 7) is 3.81. The molecule has 1 N–H and O–H groups in total. The molecule has 0 bridgehead atoms. The van der Waals surface area contributed by atoms with Crippen molar-refractivity contribution >= 4 is 5.91 Å². The Morgan fingerprint density at radius 3 is 3.05 bits per heavy atom. The van der Waals surface area contributed by atoms with Gasteiger partial charge in [0.1, 0.15) is 18.3 Å². The molecule has 4 nitrogen and oxygen atoms in total. The quantitative estimate of drug-likeness (QED) is 0.895. The number of rotatable bonds is 2. The van der Waals surface area contributed by atoms with Crippen LogP contribution in [0.15, 0.2) is 24.3 Å². The maximum atomic E-state index is 12.7. The Labute approximate surface area is 119 Å². The molecule has 0 saturated carbocycles. The number of hydrogen-bond donors (Lipinski definition) is 1. The van der Waals surface area contributed by atoms with E-state index in [2.05, 4.69) is 6.92 Å². The molecule has 3 unspecified atom stereocenters. The highest BCUT2D eigenvalue weighted by Crippen LogP contribution is 2.35. The number of likely N-dealkylation sites (tertiary alicyclic amines) is 1. The van der Waals surface area contributed by atoms with Crippen LogP contribution in [0, 0.1) is 5.92 Å². The minimum Gasteiger partial charge on any atom is -0.492 e. The summed E-state index contributed by atoms with van der Waals surface area (Å²) in [5, 5.41) is 9.93. The third-order valence-corrected chi connectivity index (χ3v) is 4.53. The number of amides is 1. The number of para-hydroxylation sites is 1. The van der Waals surface area contributed by atoms with E-state index in [-0.39, 0.29) is 23.8 Å². The lowest BCUT2D eigenvalue weighted by Crippen LogP contribution is -2.47. The molecule has 2 aliphatic rings. The maximum absolute atomic E-state index is 12.7. The van der Waals surface area contributed by atoms with E-state index in [1.54, 1.807) is 0 Å². The summed E-state index contributed by atoms with van der Waals surface area (Å²) >= 11 is 0. The van der Waals surface area contributed by atoms with Gasteiger partial charge in [0.15, 0.2) is 0 Å². The van der Waals surface area contributed by atoms with Crippen molar-refractivity contribution in [2.45, 2.75) is 31.8 Å². The van der Waals surface area contributed by atoms with Gasteiger partial charge in [-0.25, -0.2) is 0 Å². The molecule has 2 aliphatic heterocycles. The molecule has 3 rings (SSSR count). The number of benzene rings is 1. The van der Waals surface area contributed by atoms with Gasteiger partial charge in [-0.1, -0.05) is 25.1 Å². The largest absolute Gasteiger partial charge is 0.492 e. The highest BCUT2D eigenvalue weighted by atomic mass is 16.5. The smallest absolute Gasteiger partial charge is 0.233 e. The zero-order valence-corrected chi connectivity index (χ0v) is 11.8. The summed E-state index contributed by atoms with van der Waals surface area (Å²) in [6.07, 6.45) is 1.32. The molecule has 20 heavy (non-hydrogen) atoms. The van der Waals surface area contributed by atoms with Crippen molar-refractivity contribution in [3.8, 4) is 5.75 Å².